The van der Waals surface area contributed by atoms with E-state index in [9.17, 15) is 8.78 Å². The van der Waals surface area contributed by atoms with Gasteiger partial charge in [0.05, 0.1) is 11.2 Å². The highest BCUT2D eigenvalue weighted by atomic mass is 19.1. The molecule has 21 heavy (non-hydrogen) atoms. The van der Waals surface area contributed by atoms with E-state index in [1.54, 1.807) is 0 Å². The number of benzene rings is 2. The van der Waals surface area contributed by atoms with E-state index in [0.29, 0.717) is 12.1 Å². The van der Waals surface area contributed by atoms with Crippen LogP contribution in [0.3, 0.4) is 0 Å². The third kappa shape index (κ3) is 3.23. The van der Waals surface area contributed by atoms with Gasteiger partial charge >= 0.3 is 0 Å². The number of aromatic nitrogens is 1. The van der Waals surface area contributed by atoms with Gasteiger partial charge in [0.15, 0.2) is 0 Å². The monoisotopic (exact) mass is 284 g/mol. The average molecular weight is 284 g/mol. The molecular weight excluding hydrogens is 270 g/mol. The van der Waals surface area contributed by atoms with Gasteiger partial charge in [-0.05, 0) is 30.3 Å². The summed E-state index contributed by atoms with van der Waals surface area (Å²) in [5.41, 5.74) is 2.11. The zero-order valence-corrected chi connectivity index (χ0v) is 11.3. The van der Waals surface area contributed by atoms with Crippen LogP contribution < -0.4 is 5.32 Å². The van der Waals surface area contributed by atoms with Gasteiger partial charge in [0.1, 0.15) is 11.6 Å². The van der Waals surface area contributed by atoms with Crippen LogP contribution in [0.5, 0.6) is 0 Å². The summed E-state index contributed by atoms with van der Waals surface area (Å²) in [4.78, 5) is 4.52. The summed E-state index contributed by atoms with van der Waals surface area (Å²) in [7, 11) is 0. The Hall–Kier alpha value is -2.33. The summed E-state index contributed by atoms with van der Waals surface area (Å²) >= 11 is 0. The highest BCUT2D eigenvalue weighted by Crippen LogP contribution is 2.12. The number of rotatable bonds is 4. The maximum atomic E-state index is 13.5. The lowest BCUT2D eigenvalue weighted by atomic mass is 10.2. The van der Waals surface area contributed by atoms with Crippen LogP contribution in [0.2, 0.25) is 0 Å². The molecule has 0 radical (unpaired) electrons. The first-order valence-electron chi connectivity index (χ1n) is 6.72. The van der Waals surface area contributed by atoms with Crippen LogP contribution in [-0.4, -0.2) is 4.98 Å². The van der Waals surface area contributed by atoms with E-state index in [-0.39, 0.29) is 6.54 Å². The molecule has 0 aliphatic carbocycles. The van der Waals surface area contributed by atoms with Gasteiger partial charge in [-0.3, -0.25) is 4.98 Å². The van der Waals surface area contributed by atoms with Crippen LogP contribution >= 0.6 is 0 Å². The summed E-state index contributed by atoms with van der Waals surface area (Å²) in [6, 6.07) is 15.2. The van der Waals surface area contributed by atoms with Crippen LogP contribution in [0, 0.1) is 11.6 Å². The molecule has 2 aromatic carbocycles. The Morgan fingerprint density at radius 1 is 0.905 bits per heavy atom. The number of nitrogens with one attached hydrogen (secondary N) is 1. The summed E-state index contributed by atoms with van der Waals surface area (Å²) in [5, 5.41) is 4.16. The lowest BCUT2D eigenvalue weighted by Gasteiger charge is -2.07. The molecule has 0 fully saturated rings. The molecule has 0 atom stereocenters. The molecule has 0 unspecified atom stereocenters. The first kappa shape index (κ1) is 13.6. The molecule has 1 heterocycles. The normalized spacial score (nSPS) is 11.0. The van der Waals surface area contributed by atoms with Crippen molar-refractivity contribution in [2.75, 3.05) is 0 Å². The predicted molar refractivity (Wildman–Crippen MR) is 78.6 cm³/mol. The van der Waals surface area contributed by atoms with Crippen LogP contribution in [0.25, 0.3) is 10.9 Å². The minimum absolute atomic E-state index is 0.262. The van der Waals surface area contributed by atoms with Crippen molar-refractivity contribution in [1.82, 2.24) is 10.3 Å². The lowest BCUT2D eigenvalue weighted by Crippen LogP contribution is -2.14. The van der Waals surface area contributed by atoms with E-state index in [1.807, 2.05) is 36.4 Å². The number of fused-ring (bicyclic) bond motifs is 1. The van der Waals surface area contributed by atoms with Gasteiger partial charge < -0.3 is 5.32 Å². The maximum absolute atomic E-state index is 13.5. The standard InChI is InChI=1S/C17H14F2N2/c18-14-6-8-16(19)13(9-14)10-20-11-15-7-5-12-3-1-2-4-17(12)21-15/h1-9,20H,10-11H2. The van der Waals surface area contributed by atoms with Gasteiger partial charge in [-0.2, -0.15) is 0 Å². The Kier molecular flexibility index (Phi) is 3.88. The van der Waals surface area contributed by atoms with Crippen LogP contribution in [0.4, 0.5) is 8.78 Å². The first-order chi connectivity index (χ1) is 10.2. The van der Waals surface area contributed by atoms with Crippen molar-refractivity contribution in [3.63, 3.8) is 0 Å². The number of hydrogen-bond acceptors (Lipinski definition) is 2. The van der Waals surface area contributed by atoms with Gasteiger partial charge in [0, 0.05) is 24.0 Å². The molecule has 0 amide bonds. The summed E-state index contributed by atoms with van der Waals surface area (Å²) in [6.07, 6.45) is 0. The molecule has 4 heteroatoms. The molecule has 0 spiro atoms. The molecule has 2 nitrogen and oxygen atoms in total. The van der Waals surface area contributed by atoms with Crippen LogP contribution in [0.1, 0.15) is 11.3 Å². The second kappa shape index (κ2) is 5.97. The Morgan fingerprint density at radius 2 is 1.76 bits per heavy atom. The molecule has 0 aliphatic rings. The molecule has 3 aromatic rings. The van der Waals surface area contributed by atoms with Crippen molar-refractivity contribution in [1.29, 1.82) is 0 Å². The van der Waals surface area contributed by atoms with E-state index in [2.05, 4.69) is 10.3 Å². The minimum atomic E-state index is -0.433. The molecule has 1 N–H and O–H groups in total. The smallest absolute Gasteiger partial charge is 0.127 e. The van der Waals surface area contributed by atoms with Gasteiger partial charge in [-0.1, -0.05) is 24.3 Å². The fourth-order valence-electron chi connectivity index (χ4n) is 2.21. The van der Waals surface area contributed by atoms with E-state index in [0.717, 1.165) is 28.7 Å². The molecule has 3 rings (SSSR count). The maximum Gasteiger partial charge on any atom is 0.127 e. The fourth-order valence-corrected chi connectivity index (χ4v) is 2.21. The topological polar surface area (TPSA) is 24.9 Å². The lowest BCUT2D eigenvalue weighted by molar-refractivity contribution is 0.567. The van der Waals surface area contributed by atoms with Crippen molar-refractivity contribution in [3.8, 4) is 0 Å². The molecular formula is C17H14F2N2. The van der Waals surface area contributed by atoms with Crippen molar-refractivity contribution < 1.29 is 8.78 Å². The highest BCUT2D eigenvalue weighted by molar-refractivity contribution is 5.78. The molecule has 1 aromatic heterocycles. The van der Waals surface area contributed by atoms with E-state index >= 15 is 0 Å². The van der Waals surface area contributed by atoms with Crippen molar-refractivity contribution in [2.45, 2.75) is 13.1 Å². The highest BCUT2D eigenvalue weighted by Gasteiger charge is 2.04. The second-order valence-electron chi connectivity index (χ2n) is 4.83. The molecule has 106 valence electrons. The van der Waals surface area contributed by atoms with Crippen molar-refractivity contribution in [2.24, 2.45) is 0 Å². The molecule has 0 saturated heterocycles. The number of para-hydroxylation sites is 1. The average Bonchev–Trinajstić information content (AvgIpc) is 2.50. The largest absolute Gasteiger partial charge is 0.307 e. The van der Waals surface area contributed by atoms with Crippen molar-refractivity contribution in [3.05, 3.63) is 77.5 Å². The Morgan fingerprint density at radius 3 is 2.67 bits per heavy atom. The predicted octanol–water partition coefficient (Wildman–Crippen LogP) is 3.80. The van der Waals surface area contributed by atoms with Crippen molar-refractivity contribution >= 4 is 10.9 Å². The summed E-state index contributed by atoms with van der Waals surface area (Å²) in [5.74, 6) is -0.840. The molecule has 0 aliphatic heterocycles. The van der Waals surface area contributed by atoms with E-state index < -0.39 is 11.6 Å². The Balaban J connectivity index is 1.67. The minimum Gasteiger partial charge on any atom is -0.307 e. The fraction of sp³-hybridized carbons (Fsp3) is 0.118. The van der Waals surface area contributed by atoms with Crippen LogP contribution in [0.15, 0.2) is 54.6 Å². The zero-order chi connectivity index (χ0) is 14.7. The van der Waals surface area contributed by atoms with Gasteiger partial charge in [0.25, 0.3) is 0 Å². The number of hydrogen-bond donors (Lipinski definition) is 1. The Labute approximate surface area is 121 Å². The number of halogens is 2. The molecule has 0 bridgehead atoms. The van der Waals surface area contributed by atoms with E-state index in [4.69, 9.17) is 0 Å². The first-order valence-corrected chi connectivity index (χ1v) is 6.72. The zero-order valence-electron chi connectivity index (χ0n) is 11.3. The summed E-state index contributed by atoms with van der Waals surface area (Å²) in [6.45, 7) is 0.763. The van der Waals surface area contributed by atoms with Gasteiger partial charge in [-0.25, -0.2) is 8.78 Å². The van der Waals surface area contributed by atoms with Gasteiger partial charge in [-0.15, -0.1) is 0 Å². The van der Waals surface area contributed by atoms with Crippen LogP contribution in [-0.2, 0) is 13.1 Å². The quantitative estimate of drug-likeness (QED) is 0.788. The molecule has 0 saturated carbocycles. The van der Waals surface area contributed by atoms with E-state index in [1.165, 1.54) is 6.07 Å². The number of nitrogens with zero attached hydrogens (tertiary/aromatic N) is 1. The van der Waals surface area contributed by atoms with Gasteiger partial charge in [0.2, 0.25) is 0 Å². The third-order valence-corrected chi connectivity index (χ3v) is 3.29. The summed E-state index contributed by atoms with van der Waals surface area (Å²) < 4.78 is 26.5. The second-order valence-corrected chi connectivity index (χ2v) is 4.83. The SMILES string of the molecule is Fc1ccc(F)c(CNCc2ccc3ccccc3n2)c1. The number of pyridine rings is 1. The Bertz CT molecular complexity index is 772. The third-order valence-electron chi connectivity index (χ3n) is 3.29.